The summed E-state index contributed by atoms with van der Waals surface area (Å²) in [4.78, 5) is 23.5. The number of benzene rings is 2. The maximum absolute atomic E-state index is 12.9. The second kappa shape index (κ2) is 7.19. The monoisotopic (exact) mass is 358 g/mol. The Morgan fingerprint density at radius 1 is 1.07 bits per heavy atom. The zero-order valence-corrected chi connectivity index (χ0v) is 15.6. The molecule has 0 saturated heterocycles. The number of aromatic nitrogens is 2. The van der Waals surface area contributed by atoms with Crippen molar-refractivity contribution in [3.8, 4) is 0 Å². The Kier molecular flexibility index (Phi) is 4.59. The van der Waals surface area contributed by atoms with Crippen LogP contribution in [0.2, 0.25) is 0 Å². The molecule has 1 amide bonds. The van der Waals surface area contributed by atoms with Crippen molar-refractivity contribution in [3.63, 3.8) is 0 Å². The van der Waals surface area contributed by atoms with Crippen molar-refractivity contribution in [3.05, 3.63) is 77.1 Å². The standard InChI is InChI=1S/C22H22N4O/c1-15-9-10-19(16(2)12-15)25-22-23-13-18(14-24-22)21(27)26-11-5-7-17-6-3-4-8-20(17)26/h3-4,6,8-10,12-14H,5,7,11H2,1-2H3,(H,23,24,25). The molecule has 5 nitrogen and oxygen atoms in total. The zero-order chi connectivity index (χ0) is 18.8. The molecule has 0 unspecified atom stereocenters. The lowest BCUT2D eigenvalue weighted by molar-refractivity contribution is 0.0984. The minimum atomic E-state index is -0.0554. The van der Waals surface area contributed by atoms with Crippen LogP contribution >= 0.6 is 0 Å². The van der Waals surface area contributed by atoms with Gasteiger partial charge < -0.3 is 10.2 Å². The maximum atomic E-state index is 12.9. The largest absolute Gasteiger partial charge is 0.324 e. The molecule has 2 heterocycles. The van der Waals surface area contributed by atoms with Crippen molar-refractivity contribution in [2.24, 2.45) is 0 Å². The van der Waals surface area contributed by atoms with E-state index in [4.69, 9.17) is 0 Å². The number of carbonyl (C=O) groups is 1. The molecule has 1 aliphatic heterocycles. The molecule has 0 saturated carbocycles. The number of amides is 1. The minimum absolute atomic E-state index is 0.0554. The van der Waals surface area contributed by atoms with Gasteiger partial charge in [-0.1, -0.05) is 35.9 Å². The highest BCUT2D eigenvalue weighted by molar-refractivity contribution is 6.06. The molecule has 0 aliphatic carbocycles. The van der Waals surface area contributed by atoms with E-state index < -0.39 is 0 Å². The summed E-state index contributed by atoms with van der Waals surface area (Å²) in [6.45, 7) is 4.83. The Morgan fingerprint density at radius 2 is 1.85 bits per heavy atom. The highest BCUT2D eigenvalue weighted by Gasteiger charge is 2.23. The summed E-state index contributed by atoms with van der Waals surface area (Å²) >= 11 is 0. The summed E-state index contributed by atoms with van der Waals surface area (Å²) in [5.41, 5.74) is 6.00. The van der Waals surface area contributed by atoms with Crippen LogP contribution in [0.15, 0.2) is 54.9 Å². The quantitative estimate of drug-likeness (QED) is 0.752. The van der Waals surface area contributed by atoms with Crippen molar-refractivity contribution in [2.45, 2.75) is 26.7 Å². The van der Waals surface area contributed by atoms with Crippen LogP contribution in [0.4, 0.5) is 17.3 Å². The average Bonchev–Trinajstić information content (AvgIpc) is 2.70. The van der Waals surface area contributed by atoms with Crippen molar-refractivity contribution >= 4 is 23.2 Å². The van der Waals surface area contributed by atoms with Crippen molar-refractivity contribution in [1.29, 1.82) is 0 Å². The van der Waals surface area contributed by atoms with Gasteiger partial charge in [0.2, 0.25) is 5.95 Å². The lowest BCUT2D eigenvalue weighted by Crippen LogP contribution is -2.35. The third-order valence-electron chi connectivity index (χ3n) is 4.88. The van der Waals surface area contributed by atoms with E-state index in [9.17, 15) is 4.79 Å². The van der Waals surface area contributed by atoms with Crippen molar-refractivity contribution < 1.29 is 4.79 Å². The van der Waals surface area contributed by atoms with E-state index in [1.807, 2.05) is 42.2 Å². The molecule has 0 radical (unpaired) electrons. The fraction of sp³-hybridized carbons (Fsp3) is 0.227. The van der Waals surface area contributed by atoms with Gasteiger partial charge in [0, 0.05) is 30.3 Å². The van der Waals surface area contributed by atoms with Gasteiger partial charge in [0.1, 0.15) is 0 Å². The van der Waals surface area contributed by atoms with Crippen LogP contribution < -0.4 is 10.2 Å². The Hall–Kier alpha value is -3.21. The highest BCUT2D eigenvalue weighted by atomic mass is 16.2. The molecule has 5 heteroatoms. The molecule has 1 aromatic heterocycles. The number of rotatable bonds is 3. The first-order valence-corrected chi connectivity index (χ1v) is 9.18. The maximum Gasteiger partial charge on any atom is 0.261 e. The lowest BCUT2D eigenvalue weighted by Gasteiger charge is -2.29. The van der Waals surface area contributed by atoms with Crippen molar-refractivity contribution in [1.82, 2.24) is 9.97 Å². The van der Waals surface area contributed by atoms with E-state index in [0.717, 1.165) is 36.3 Å². The number of nitrogens with one attached hydrogen (secondary N) is 1. The van der Waals surface area contributed by atoms with E-state index in [1.54, 1.807) is 12.4 Å². The Labute approximate surface area is 159 Å². The predicted molar refractivity (Wildman–Crippen MR) is 108 cm³/mol. The van der Waals surface area contributed by atoms with Gasteiger partial charge >= 0.3 is 0 Å². The van der Waals surface area contributed by atoms with Crippen LogP contribution in [0.5, 0.6) is 0 Å². The third-order valence-corrected chi connectivity index (χ3v) is 4.88. The molecule has 27 heavy (non-hydrogen) atoms. The number of aryl methyl sites for hydroxylation is 3. The van der Waals surface area contributed by atoms with Gasteiger partial charge in [-0.3, -0.25) is 4.79 Å². The molecular weight excluding hydrogens is 336 g/mol. The summed E-state index contributed by atoms with van der Waals surface area (Å²) in [6, 6.07) is 14.2. The number of hydrogen-bond acceptors (Lipinski definition) is 4. The molecule has 2 aromatic carbocycles. The number of fused-ring (bicyclic) bond motifs is 1. The number of carbonyl (C=O) groups excluding carboxylic acids is 1. The second-order valence-electron chi connectivity index (χ2n) is 6.93. The van der Waals surface area contributed by atoms with Crippen LogP contribution in [0.1, 0.15) is 33.5 Å². The topological polar surface area (TPSA) is 58.1 Å². The first kappa shape index (κ1) is 17.2. The molecule has 3 aromatic rings. The highest BCUT2D eigenvalue weighted by Crippen LogP contribution is 2.28. The van der Waals surface area contributed by atoms with E-state index in [-0.39, 0.29) is 5.91 Å². The molecule has 0 spiro atoms. The van der Waals surface area contributed by atoms with Gasteiger partial charge in [-0.15, -0.1) is 0 Å². The molecular formula is C22H22N4O. The van der Waals surface area contributed by atoms with E-state index in [0.29, 0.717) is 11.5 Å². The summed E-state index contributed by atoms with van der Waals surface area (Å²) < 4.78 is 0. The third kappa shape index (κ3) is 3.53. The fourth-order valence-corrected chi connectivity index (χ4v) is 3.48. The van der Waals surface area contributed by atoms with Crippen LogP contribution in [0, 0.1) is 13.8 Å². The number of nitrogens with zero attached hydrogens (tertiary/aromatic N) is 3. The Balaban J connectivity index is 1.53. The molecule has 1 N–H and O–H groups in total. The van der Waals surface area contributed by atoms with E-state index >= 15 is 0 Å². The first-order chi connectivity index (χ1) is 13.1. The molecule has 136 valence electrons. The molecule has 0 atom stereocenters. The predicted octanol–water partition coefficient (Wildman–Crippen LogP) is 4.43. The van der Waals surface area contributed by atoms with Gasteiger partial charge in [0.25, 0.3) is 5.91 Å². The first-order valence-electron chi connectivity index (χ1n) is 9.18. The van der Waals surface area contributed by atoms with Gasteiger partial charge in [-0.2, -0.15) is 0 Å². The minimum Gasteiger partial charge on any atom is -0.324 e. The Bertz CT molecular complexity index is 982. The molecule has 0 bridgehead atoms. The van der Waals surface area contributed by atoms with E-state index in [1.165, 1.54) is 11.1 Å². The van der Waals surface area contributed by atoms with Crippen LogP contribution in [-0.4, -0.2) is 22.4 Å². The fourth-order valence-electron chi connectivity index (χ4n) is 3.48. The van der Waals surface area contributed by atoms with Crippen LogP contribution in [-0.2, 0) is 6.42 Å². The van der Waals surface area contributed by atoms with Gasteiger partial charge in [0.05, 0.1) is 5.56 Å². The molecule has 0 fully saturated rings. The van der Waals surface area contributed by atoms with Gasteiger partial charge in [-0.05, 0) is 49.9 Å². The van der Waals surface area contributed by atoms with Gasteiger partial charge in [0.15, 0.2) is 0 Å². The Morgan fingerprint density at radius 3 is 2.63 bits per heavy atom. The zero-order valence-electron chi connectivity index (χ0n) is 15.6. The SMILES string of the molecule is Cc1ccc(Nc2ncc(C(=O)N3CCCc4ccccc43)cn2)c(C)c1. The van der Waals surface area contributed by atoms with Crippen LogP contribution in [0.25, 0.3) is 0 Å². The van der Waals surface area contributed by atoms with Gasteiger partial charge in [-0.25, -0.2) is 9.97 Å². The smallest absolute Gasteiger partial charge is 0.261 e. The van der Waals surface area contributed by atoms with E-state index in [2.05, 4.69) is 34.3 Å². The normalized spacial score (nSPS) is 13.2. The summed E-state index contributed by atoms with van der Waals surface area (Å²) in [5.74, 6) is 0.428. The molecule has 4 rings (SSSR count). The summed E-state index contributed by atoms with van der Waals surface area (Å²) in [7, 11) is 0. The number of hydrogen-bond donors (Lipinski definition) is 1. The average molecular weight is 358 g/mol. The van der Waals surface area contributed by atoms with Crippen molar-refractivity contribution in [2.75, 3.05) is 16.8 Å². The second-order valence-corrected chi connectivity index (χ2v) is 6.93. The molecule has 1 aliphatic rings. The summed E-state index contributed by atoms with van der Waals surface area (Å²) in [5, 5.41) is 3.21. The number of anilines is 3. The lowest BCUT2D eigenvalue weighted by atomic mass is 10.0. The van der Waals surface area contributed by atoms with Crippen LogP contribution in [0.3, 0.4) is 0 Å². The summed E-state index contributed by atoms with van der Waals surface area (Å²) in [6.07, 6.45) is 5.17. The number of para-hydroxylation sites is 1.